The van der Waals surface area contributed by atoms with Gasteiger partial charge in [-0.3, -0.25) is 14.3 Å². The van der Waals surface area contributed by atoms with Crippen LogP contribution in [-0.2, 0) is 11.3 Å². The molecule has 0 spiro atoms. The number of halogens is 3. The Morgan fingerprint density at radius 3 is 2.97 bits per heavy atom. The molecule has 14 heteroatoms. The molecule has 1 aliphatic rings. The molecule has 1 fully saturated rings. The molecule has 11 nitrogen and oxygen atoms in total. The zero-order chi connectivity index (χ0) is 25.9. The zero-order valence-electron chi connectivity index (χ0n) is 19.3. The number of benzene rings is 1. The fourth-order valence-electron chi connectivity index (χ4n) is 3.99. The summed E-state index contributed by atoms with van der Waals surface area (Å²) in [6.45, 7) is -0.901. The van der Waals surface area contributed by atoms with E-state index in [4.69, 9.17) is 11.6 Å². The van der Waals surface area contributed by atoms with Gasteiger partial charge < -0.3 is 20.3 Å². The molecule has 192 valence electrons. The lowest BCUT2D eigenvalue weighted by Gasteiger charge is -2.27. The van der Waals surface area contributed by atoms with Gasteiger partial charge in [0.2, 0.25) is 5.91 Å². The number of aromatic nitrogens is 5. The zero-order valence-corrected chi connectivity index (χ0v) is 20.0. The van der Waals surface area contributed by atoms with Crippen molar-refractivity contribution in [2.45, 2.75) is 13.2 Å². The SMILES string of the molecule is O=C(Nc1cn(CCN2CCNCC2=O)nc1-c1cc(Cl)ccc1OC(F)F)c1cnn2cccnc12. The van der Waals surface area contributed by atoms with Crippen molar-refractivity contribution < 1.29 is 23.1 Å². The average molecular weight is 531 g/mol. The van der Waals surface area contributed by atoms with Gasteiger partial charge in [-0.15, -0.1) is 0 Å². The summed E-state index contributed by atoms with van der Waals surface area (Å²) in [4.78, 5) is 31.2. The highest BCUT2D eigenvalue weighted by Gasteiger charge is 2.23. The van der Waals surface area contributed by atoms with Gasteiger partial charge in [0.05, 0.1) is 25.0 Å². The number of nitrogens with one attached hydrogen (secondary N) is 2. The van der Waals surface area contributed by atoms with E-state index < -0.39 is 12.5 Å². The van der Waals surface area contributed by atoms with Crippen LogP contribution in [0.15, 0.2) is 49.1 Å². The number of nitrogens with zero attached hydrogens (tertiary/aromatic N) is 6. The number of rotatable bonds is 8. The molecule has 3 aromatic heterocycles. The number of ether oxygens (including phenoxy) is 1. The average Bonchev–Trinajstić information content (AvgIpc) is 3.48. The highest BCUT2D eigenvalue weighted by Crippen LogP contribution is 2.37. The summed E-state index contributed by atoms with van der Waals surface area (Å²) in [6, 6.07) is 5.83. The molecule has 37 heavy (non-hydrogen) atoms. The summed E-state index contributed by atoms with van der Waals surface area (Å²) in [5, 5.41) is 14.7. The fourth-order valence-corrected chi connectivity index (χ4v) is 4.17. The molecule has 4 heterocycles. The Labute approximate surface area is 214 Å². The van der Waals surface area contributed by atoms with E-state index in [9.17, 15) is 18.4 Å². The Kier molecular flexibility index (Phi) is 6.97. The van der Waals surface area contributed by atoms with Gasteiger partial charge in [0.25, 0.3) is 5.91 Å². The summed E-state index contributed by atoms with van der Waals surface area (Å²) in [5.41, 5.74) is 1.12. The Balaban J connectivity index is 1.49. The number of alkyl halides is 2. The molecule has 1 aromatic carbocycles. The second-order valence-electron chi connectivity index (χ2n) is 8.13. The monoisotopic (exact) mass is 530 g/mol. The highest BCUT2D eigenvalue weighted by molar-refractivity contribution is 6.31. The van der Waals surface area contributed by atoms with Crippen molar-refractivity contribution in [2.75, 3.05) is 31.5 Å². The van der Waals surface area contributed by atoms with Crippen molar-refractivity contribution >= 4 is 34.7 Å². The molecule has 2 amide bonds. The number of hydrogen-bond donors (Lipinski definition) is 2. The third kappa shape index (κ3) is 5.37. The van der Waals surface area contributed by atoms with E-state index in [1.54, 1.807) is 23.4 Å². The predicted octanol–water partition coefficient (Wildman–Crippen LogP) is 2.53. The van der Waals surface area contributed by atoms with Gasteiger partial charge in [-0.25, -0.2) is 9.50 Å². The third-order valence-electron chi connectivity index (χ3n) is 5.73. The lowest BCUT2D eigenvalue weighted by molar-refractivity contribution is -0.132. The van der Waals surface area contributed by atoms with Crippen LogP contribution in [0.3, 0.4) is 0 Å². The van der Waals surface area contributed by atoms with Gasteiger partial charge in [0, 0.05) is 48.8 Å². The molecule has 0 atom stereocenters. The standard InChI is InChI=1S/C23H21ClF2N8O3/c24-14-2-3-18(37-23(25)26)15(10-14)20-17(13-33(31-20)9-8-32-7-5-27-12-19(32)35)30-22(36)16-11-29-34-6-1-4-28-21(16)34/h1-4,6,10-11,13,23,27H,5,7-9,12H2,(H,30,36). The normalized spacial score (nSPS) is 13.9. The Hall–Kier alpha value is -4.10. The molecule has 0 aliphatic carbocycles. The van der Waals surface area contributed by atoms with E-state index in [1.165, 1.54) is 39.8 Å². The van der Waals surface area contributed by atoms with E-state index in [1.807, 2.05) is 0 Å². The Morgan fingerprint density at radius 1 is 1.30 bits per heavy atom. The molecule has 0 radical (unpaired) electrons. The maximum atomic E-state index is 13.2. The van der Waals surface area contributed by atoms with Crippen molar-refractivity contribution in [1.29, 1.82) is 0 Å². The van der Waals surface area contributed by atoms with Gasteiger partial charge in [-0.2, -0.15) is 19.0 Å². The quantitative estimate of drug-likeness (QED) is 0.359. The van der Waals surface area contributed by atoms with Gasteiger partial charge in [-0.05, 0) is 24.3 Å². The first kappa shape index (κ1) is 24.6. The number of anilines is 1. The summed E-state index contributed by atoms with van der Waals surface area (Å²) < 4.78 is 33.9. The molecule has 1 aliphatic heterocycles. The number of carbonyl (C=O) groups is 2. The summed E-state index contributed by atoms with van der Waals surface area (Å²) in [6.07, 6.45) is 6.13. The molecule has 4 aromatic rings. The molecular weight excluding hydrogens is 510 g/mol. The van der Waals surface area contributed by atoms with Crippen molar-refractivity contribution in [3.8, 4) is 17.0 Å². The van der Waals surface area contributed by atoms with Crippen LogP contribution < -0.4 is 15.4 Å². The van der Waals surface area contributed by atoms with Crippen LogP contribution in [0.2, 0.25) is 5.02 Å². The minimum absolute atomic E-state index is 0.0322. The van der Waals surface area contributed by atoms with E-state index in [2.05, 4.69) is 30.6 Å². The van der Waals surface area contributed by atoms with Gasteiger partial charge in [-0.1, -0.05) is 11.6 Å². The van der Waals surface area contributed by atoms with Gasteiger partial charge in [0.1, 0.15) is 17.0 Å². The first-order valence-corrected chi connectivity index (χ1v) is 11.7. The predicted molar refractivity (Wildman–Crippen MR) is 130 cm³/mol. The molecule has 1 saturated heterocycles. The summed E-state index contributed by atoms with van der Waals surface area (Å²) in [5.74, 6) is -0.713. The summed E-state index contributed by atoms with van der Waals surface area (Å²) >= 11 is 6.16. The van der Waals surface area contributed by atoms with E-state index in [0.717, 1.165) is 0 Å². The van der Waals surface area contributed by atoms with E-state index in [-0.39, 0.29) is 45.7 Å². The molecule has 0 unspecified atom stereocenters. The van der Waals surface area contributed by atoms with Gasteiger partial charge in [0.15, 0.2) is 5.65 Å². The van der Waals surface area contributed by atoms with Gasteiger partial charge >= 0.3 is 6.61 Å². The van der Waals surface area contributed by atoms with E-state index in [0.29, 0.717) is 31.8 Å². The summed E-state index contributed by atoms with van der Waals surface area (Å²) in [7, 11) is 0. The van der Waals surface area contributed by atoms with Crippen LogP contribution >= 0.6 is 11.6 Å². The Morgan fingerprint density at radius 2 is 2.16 bits per heavy atom. The van der Waals surface area contributed by atoms with Crippen molar-refractivity contribution in [1.82, 2.24) is 34.6 Å². The number of hydrogen-bond acceptors (Lipinski definition) is 7. The molecule has 0 saturated carbocycles. The van der Waals surface area contributed by atoms with Crippen LogP contribution in [-0.4, -0.2) is 73.9 Å². The Bertz CT molecular complexity index is 1460. The molecule has 5 rings (SSSR count). The van der Waals surface area contributed by atoms with Crippen molar-refractivity contribution in [2.24, 2.45) is 0 Å². The largest absolute Gasteiger partial charge is 0.434 e. The highest BCUT2D eigenvalue weighted by atomic mass is 35.5. The number of piperazine rings is 1. The van der Waals surface area contributed by atoms with Crippen LogP contribution in [0.5, 0.6) is 5.75 Å². The molecular formula is C23H21ClF2N8O3. The molecule has 0 bridgehead atoms. The first-order valence-electron chi connectivity index (χ1n) is 11.3. The number of amides is 2. The second kappa shape index (κ2) is 10.5. The topological polar surface area (TPSA) is 119 Å². The lowest BCUT2D eigenvalue weighted by Crippen LogP contribution is -2.48. The van der Waals surface area contributed by atoms with Crippen LogP contribution in [0.4, 0.5) is 14.5 Å². The van der Waals surface area contributed by atoms with Crippen molar-refractivity contribution in [3.05, 3.63) is 59.6 Å². The third-order valence-corrected chi connectivity index (χ3v) is 5.97. The number of carbonyl (C=O) groups excluding carboxylic acids is 2. The first-order chi connectivity index (χ1) is 17.9. The number of fused-ring (bicyclic) bond motifs is 1. The van der Waals surface area contributed by atoms with Crippen LogP contribution in [0.25, 0.3) is 16.9 Å². The van der Waals surface area contributed by atoms with Crippen LogP contribution in [0, 0.1) is 0 Å². The minimum atomic E-state index is -3.08. The maximum absolute atomic E-state index is 13.2. The smallest absolute Gasteiger partial charge is 0.387 e. The van der Waals surface area contributed by atoms with E-state index >= 15 is 0 Å². The van der Waals surface area contributed by atoms with Crippen LogP contribution in [0.1, 0.15) is 10.4 Å². The second-order valence-corrected chi connectivity index (χ2v) is 8.57. The lowest BCUT2D eigenvalue weighted by atomic mass is 10.1. The maximum Gasteiger partial charge on any atom is 0.387 e. The fraction of sp³-hybridized carbons (Fsp3) is 0.261. The van der Waals surface area contributed by atoms with Crippen molar-refractivity contribution in [3.63, 3.8) is 0 Å². The molecule has 2 N–H and O–H groups in total. The minimum Gasteiger partial charge on any atom is -0.434 e.